The van der Waals surface area contributed by atoms with E-state index in [4.69, 9.17) is 4.74 Å². The van der Waals surface area contributed by atoms with Gasteiger partial charge in [-0.2, -0.15) is 0 Å². The first-order valence-corrected chi connectivity index (χ1v) is 5.52. The van der Waals surface area contributed by atoms with Crippen molar-refractivity contribution in [2.75, 3.05) is 0 Å². The van der Waals surface area contributed by atoms with Gasteiger partial charge in [0.2, 0.25) is 0 Å². The lowest BCUT2D eigenvalue weighted by atomic mass is 9.68. The average molecular weight is 192 g/mol. The molecule has 1 nitrogen and oxygen atoms in total. The van der Waals surface area contributed by atoms with Crippen LogP contribution in [0.2, 0.25) is 0 Å². The Balaban J connectivity index is 2.39. The monoisotopic (exact) mass is 192 g/mol. The molecule has 0 N–H and O–H groups in total. The predicted molar refractivity (Wildman–Crippen MR) is 59.2 cm³/mol. The van der Waals surface area contributed by atoms with E-state index in [-0.39, 0.29) is 11.0 Å². The normalized spacial score (nSPS) is 42.9. The first-order chi connectivity index (χ1) is 6.50. The van der Waals surface area contributed by atoms with Crippen LogP contribution in [-0.4, -0.2) is 11.7 Å². The van der Waals surface area contributed by atoms with Gasteiger partial charge in [-0.25, -0.2) is 0 Å². The lowest BCUT2D eigenvalue weighted by Crippen LogP contribution is -2.32. The Bertz CT molecular complexity index is 292. The molecular formula is C13H20O. The summed E-state index contributed by atoms with van der Waals surface area (Å²) >= 11 is 0. The zero-order valence-electron chi connectivity index (χ0n) is 9.63. The van der Waals surface area contributed by atoms with Gasteiger partial charge in [0.05, 0.1) is 11.7 Å². The van der Waals surface area contributed by atoms with Crippen LogP contribution in [0.15, 0.2) is 23.8 Å². The molecule has 14 heavy (non-hydrogen) atoms. The smallest absolute Gasteiger partial charge is 0.0877 e. The van der Waals surface area contributed by atoms with Crippen LogP contribution in [0.5, 0.6) is 0 Å². The second-order valence-electron chi connectivity index (χ2n) is 5.20. The van der Waals surface area contributed by atoms with Gasteiger partial charge in [-0.05, 0) is 32.3 Å². The van der Waals surface area contributed by atoms with Crippen molar-refractivity contribution in [3.8, 4) is 0 Å². The molecule has 0 aromatic heterocycles. The highest BCUT2D eigenvalue weighted by molar-refractivity contribution is 5.35. The van der Waals surface area contributed by atoms with Crippen molar-refractivity contribution < 1.29 is 4.74 Å². The summed E-state index contributed by atoms with van der Waals surface area (Å²) in [4.78, 5) is 0. The summed E-state index contributed by atoms with van der Waals surface area (Å²) in [6.07, 6.45) is 9.30. The molecule has 2 fully saturated rings. The Kier molecular flexibility index (Phi) is 2.11. The van der Waals surface area contributed by atoms with Crippen molar-refractivity contribution in [2.45, 2.75) is 52.2 Å². The Morgan fingerprint density at radius 2 is 2.07 bits per heavy atom. The van der Waals surface area contributed by atoms with Crippen molar-refractivity contribution >= 4 is 0 Å². The minimum Gasteiger partial charge on any atom is -0.367 e. The van der Waals surface area contributed by atoms with E-state index in [0.29, 0.717) is 6.10 Å². The van der Waals surface area contributed by atoms with Gasteiger partial charge in [-0.1, -0.05) is 32.1 Å². The van der Waals surface area contributed by atoms with E-state index in [0.717, 1.165) is 0 Å². The van der Waals surface area contributed by atoms with Gasteiger partial charge in [-0.15, -0.1) is 0 Å². The van der Waals surface area contributed by atoms with Gasteiger partial charge in [0.25, 0.3) is 0 Å². The minimum absolute atomic E-state index is 0.0215. The number of allylic oxidation sites excluding steroid dienone is 3. The van der Waals surface area contributed by atoms with Gasteiger partial charge < -0.3 is 4.74 Å². The largest absolute Gasteiger partial charge is 0.367 e. The summed E-state index contributed by atoms with van der Waals surface area (Å²) in [5.74, 6) is 0. The molecule has 2 unspecified atom stereocenters. The summed E-state index contributed by atoms with van der Waals surface area (Å²) in [5.41, 5.74) is 1.72. The van der Waals surface area contributed by atoms with E-state index in [1.165, 1.54) is 18.4 Å². The first kappa shape index (κ1) is 9.97. The summed E-state index contributed by atoms with van der Waals surface area (Å²) in [7, 11) is 0. The number of rotatable bonds is 1. The van der Waals surface area contributed by atoms with E-state index in [9.17, 15) is 0 Å². The number of hydrogen-bond acceptors (Lipinski definition) is 1. The fraction of sp³-hybridized carbons (Fsp3) is 0.692. The topological polar surface area (TPSA) is 9.23 Å². The lowest BCUT2D eigenvalue weighted by molar-refractivity contribution is 0.0232. The average Bonchev–Trinajstić information content (AvgIpc) is 2.55. The molecule has 78 valence electrons. The number of fused-ring (bicyclic) bond motifs is 2. The van der Waals surface area contributed by atoms with Crippen LogP contribution in [0.1, 0.15) is 40.5 Å². The van der Waals surface area contributed by atoms with Crippen LogP contribution in [0.25, 0.3) is 0 Å². The van der Waals surface area contributed by atoms with E-state index in [1.54, 1.807) is 0 Å². The van der Waals surface area contributed by atoms with Crippen LogP contribution < -0.4 is 0 Å². The van der Waals surface area contributed by atoms with Gasteiger partial charge in [-0.3, -0.25) is 0 Å². The molecule has 0 saturated carbocycles. The molecule has 2 rings (SSSR count). The Morgan fingerprint density at radius 3 is 2.57 bits per heavy atom. The number of ether oxygens (including phenoxy) is 1. The third-order valence-corrected chi connectivity index (χ3v) is 3.81. The summed E-state index contributed by atoms with van der Waals surface area (Å²) in [5, 5.41) is 0. The van der Waals surface area contributed by atoms with Crippen LogP contribution in [0, 0.1) is 5.41 Å². The van der Waals surface area contributed by atoms with Crippen molar-refractivity contribution in [3.05, 3.63) is 23.8 Å². The molecule has 1 heteroatoms. The Morgan fingerprint density at radius 1 is 1.36 bits per heavy atom. The minimum atomic E-state index is 0.0215. The summed E-state index contributed by atoms with van der Waals surface area (Å²) < 4.78 is 6.08. The zero-order valence-corrected chi connectivity index (χ0v) is 9.63. The van der Waals surface area contributed by atoms with Crippen LogP contribution in [0.3, 0.4) is 0 Å². The zero-order chi connectivity index (χ0) is 10.4. The van der Waals surface area contributed by atoms with E-state index in [2.05, 4.69) is 45.9 Å². The van der Waals surface area contributed by atoms with Crippen molar-refractivity contribution in [2.24, 2.45) is 5.41 Å². The second kappa shape index (κ2) is 2.96. The van der Waals surface area contributed by atoms with Gasteiger partial charge in [0.1, 0.15) is 0 Å². The highest BCUT2D eigenvalue weighted by Gasteiger charge is 2.56. The predicted octanol–water partition coefficient (Wildman–Crippen LogP) is 3.47. The Labute approximate surface area is 86.8 Å². The fourth-order valence-electron chi connectivity index (χ4n) is 2.98. The maximum atomic E-state index is 6.08. The van der Waals surface area contributed by atoms with E-state index < -0.39 is 0 Å². The highest BCUT2D eigenvalue weighted by atomic mass is 16.5. The Hall–Kier alpha value is -0.560. The maximum Gasteiger partial charge on any atom is 0.0877 e. The first-order valence-electron chi connectivity index (χ1n) is 5.52. The van der Waals surface area contributed by atoms with Gasteiger partial charge in [0, 0.05) is 5.41 Å². The van der Waals surface area contributed by atoms with Crippen LogP contribution in [-0.2, 0) is 4.74 Å². The molecule has 0 aromatic rings. The third-order valence-electron chi connectivity index (χ3n) is 3.81. The molecule has 0 spiro atoms. The molecule has 2 atom stereocenters. The van der Waals surface area contributed by atoms with E-state index in [1.807, 2.05) is 0 Å². The molecule has 2 saturated heterocycles. The molecule has 2 heterocycles. The van der Waals surface area contributed by atoms with Gasteiger partial charge >= 0.3 is 0 Å². The van der Waals surface area contributed by atoms with Crippen molar-refractivity contribution in [1.82, 2.24) is 0 Å². The molecule has 0 radical (unpaired) electrons. The molecule has 0 amide bonds. The summed E-state index contributed by atoms with van der Waals surface area (Å²) in [6.45, 7) is 8.90. The molecule has 0 aromatic carbocycles. The number of hydrogen-bond donors (Lipinski definition) is 0. The fourth-order valence-corrected chi connectivity index (χ4v) is 2.98. The standard InChI is InChI=1S/C13H20O/c1-5-6-7-10-12(2,3)11-8-9-13(10,4)14-11/h5-7,11H,8-9H2,1-4H3/b6-5+,10-7+. The molecule has 2 aliphatic heterocycles. The molecular weight excluding hydrogens is 172 g/mol. The SMILES string of the molecule is C/C=C/C=C1/C2(C)CCC(O2)C1(C)C. The second-order valence-corrected chi connectivity index (χ2v) is 5.20. The lowest BCUT2D eigenvalue weighted by Gasteiger charge is -2.32. The van der Waals surface area contributed by atoms with Gasteiger partial charge in [0.15, 0.2) is 0 Å². The highest BCUT2D eigenvalue weighted by Crippen LogP contribution is 2.57. The molecule has 0 aliphatic carbocycles. The molecule has 2 aliphatic rings. The van der Waals surface area contributed by atoms with Crippen molar-refractivity contribution in [3.63, 3.8) is 0 Å². The maximum absolute atomic E-state index is 6.08. The van der Waals surface area contributed by atoms with E-state index >= 15 is 0 Å². The van der Waals surface area contributed by atoms with Crippen LogP contribution >= 0.6 is 0 Å². The summed E-state index contributed by atoms with van der Waals surface area (Å²) in [6, 6.07) is 0. The van der Waals surface area contributed by atoms with Crippen LogP contribution in [0.4, 0.5) is 0 Å². The third kappa shape index (κ3) is 1.18. The molecule has 2 bridgehead atoms. The van der Waals surface area contributed by atoms with Crippen molar-refractivity contribution in [1.29, 1.82) is 0 Å². The quantitative estimate of drug-likeness (QED) is 0.618.